The van der Waals surface area contributed by atoms with Crippen molar-refractivity contribution in [3.8, 4) is 5.75 Å². The number of ketones is 1. The summed E-state index contributed by atoms with van der Waals surface area (Å²) >= 11 is 3.31. The van der Waals surface area contributed by atoms with Crippen molar-refractivity contribution in [2.45, 2.75) is 32.7 Å². The smallest absolute Gasteiger partial charge is 0.339 e. The fourth-order valence-corrected chi connectivity index (χ4v) is 3.44. The predicted octanol–water partition coefficient (Wildman–Crippen LogP) is 4.25. The van der Waals surface area contributed by atoms with Crippen LogP contribution in [0.25, 0.3) is 0 Å². The molecule has 0 bridgehead atoms. The Kier molecular flexibility index (Phi) is 4.99. The Morgan fingerprint density at radius 1 is 1.20 bits per heavy atom. The summed E-state index contributed by atoms with van der Waals surface area (Å²) in [6.45, 7) is 3.66. The fourth-order valence-electron chi connectivity index (χ4n) is 3.03. The van der Waals surface area contributed by atoms with Gasteiger partial charge in [-0.15, -0.1) is 0 Å². The second-order valence-corrected chi connectivity index (χ2v) is 7.09. The van der Waals surface area contributed by atoms with Crippen LogP contribution < -0.4 is 4.74 Å². The van der Waals surface area contributed by atoms with Crippen LogP contribution in [0.3, 0.4) is 0 Å². The lowest BCUT2D eigenvalue weighted by atomic mass is 10.1. The normalized spacial score (nSPS) is 13.6. The van der Waals surface area contributed by atoms with Crippen molar-refractivity contribution in [2.24, 2.45) is 0 Å². The number of aromatic nitrogens is 1. The van der Waals surface area contributed by atoms with Crippen LogP contribution in [-0.4, -0.2) is 30.0 Å². The Balaban J connectivity index is 1.70. The number of ether oxygens (including phenoxy) is 2. The molecule has 1 aliphatic carbocycles. The molecule has 0 aliphatic heterocycles. The molecule has 1 aliphatic rings. The molecule has 0 amide bonds. The van der Waals surface area contributed by atoms with E-state index in [2.05, 4.69) is 20.5 Å². The van der Waals surface area contributed by atoms with E-state index in [1.165, 1.54) is 7.11 Å². The van der Waals surface area contributed by atoms with E-state index in [4.69, 9.17) is 9.47 Å². The van der Waals surface area contributed by atoms with Gasteiger partial charge in [-0.05, 0) is 66.9 Å². The molecule has 2 aromatic rings. The van der Waals surface area contributed by atoms with Crippen molar-refractivity contribution in [1.82, 2.24) is 4.57 Å². The Morgan fingerprint density at radius 3 is 2.56 bits per heavy atom. The maximum Gasteiger partial charge on any atom is 0.339 e. The van der Waals surface area contributed by atoms with Crippen molar-refractivity contribution in [1.29, 1.82) is 0 Å². The maximum absolute atomic E-state index is 12.5. The minimum atomic E-state index is -0.560. The molecule has 1 fully saturated rings. The van der Waals surface area contributed by atoms with Crippen LogP contribution >= 0.6 is 15.9 Å². The monoisotopic (exact) mass is 405 g/mol. The molecule has 5 nitrogen and oxygen atoms in total. The van der Waals surface area contributed by atoms with Gasteiger partial charge in [0.25, 0.3) is 0 Å². The first-order valence-electron chi connectivity index (χ1n) is 8.14. The summed E-state index contributed by atoms with van der Waals surface area (Å²) < 4.78 is 13.1. The zero-order valence-corrected chi connectivity index (χ0v) is 16.1. The molecule has 1 heterocycles. The van der Waals surface area contributed by atoms with E-state index in [-0.39, 0.29) is 12.4 Å². The summed E-state index contributed by atoms with van der Waals surface area (Å²) in [5.74, 6) is -0.197. The second kappa shape index (κ2) is 7.04. The highest BCUT2D eigenvalue weighted by atomic mass is 79.9. The lowest BCUT2D eigenvalue weighted by molar-refractivity contribution is 0.0473. The number of carbonyl (C=O) groups excluding carboxylic acids is 2. The van der Waals surface area contributed by atoms with Crippen LogP contribution in [0.4, 0.5) is 0 Å². The highest BCUT2D eigenvalue weighted by Gasteiger charge is 2.28. The maximum atomic E-state index is 12.5. The van der Waals surface area contributed by atoms with E-state index in [0.29, 0.717) is 27.4 Å². The lowest BCUT2D eigenvalue weighted by Crippen LogP contribution is -2.15. The molecule has 3 rings (SSSR count). The third-order valence-corrected chi connectivity index (χ3v) is 5.12. The quantitative estimate of drug-likeness (QED) is 0.532. The number of rotatable bonds is 6. The Hall–Kier alpha value is -2.08. The number of hydrogen-bond acceptors (Lipinski definition) is 4. The average Bonchev–Trinajstić information content (AvgIpc) is 3.38. The van der Waals surface area contributed by atoms with Gasteiger partial charge in [-0.3, -0.25) is 4.79 Å². The molecule has 1 saturated carbocycles. The van der Waals surface area contributed by atoms with E-state index < -0.39 is 5.97 Å². The van der Waals surface area contributed by atoms with E-state index in [9.17, 15) is 9.59 Å². The summed E-state index contributed by atoms with van der Waals surface area (Å²) in [4.78, 5) is 24.8. The SMILES string of the molecule is COc1ccc(Br)c(C(=O)OCC(=O)c2cc(C)n(C3CC3)c2C)c1. The molecule has 0 atom stereocenters. The van der Waals surface area contributed by atoms with Gasteiger partial charge in [-0.2, -0.15) is 0 Å². The topological polar surface area (TPSA) is 57.5 Å². The van der Waals surface area contributed by atoms with E-state index in [1.54, 1.807) is 18.2 Å². The van der Waals surface area contributed by atoms with E-state index in [1.807, 2.05) is 19.9 Å². The molecule has 132 valence electrons. The molecule has 6 heteroatoms. The van der Waals surface area contributed by atoms with Crippen molar-refractivity contribution >= 4 is 27.7 Å². The number of benzene rings is 1. The summed E-state index contributed by atoms with van der Waals surface area (Å²) in [6, 6.07) is 7.41. The van der Waals surface area contributed by atoms with Crippen LogP contribution in [0, 0.1) is 13.8 Å². The first kappa shape index (κ1) is 17.7. The average molecular weight is 406 g/mol. The molecule has 0 saturated heterocycles. The molecular formula is C19H20BrNO4. The fraction of sp³-hybridized carbons (Fsp3) is 0.368. The number of aryl methyl sites for hydroxylation is 1. The van der Waals surface area contributed by atoms with Crippen LogP contribution in [-0.2, 0) is 4.74 Å². The number of carbonyl (C=O) groups is 2. The van der Waals surface area contributed by atoms with Crippen molar-refractivity contribution < 1.29 is 19.1 Å². The second-order valence-electron chi connectivity index (χ2n) is 6.23. The minimum Gasteiger partial charge on any atom is -0.497 e. The van der Waals surface area contributed by atoms with Gasteiger partial charge in [-0.1, -0.05) is 0 Å². The van der Waals surface area contributed by atoms with Crippen LogP contribution in [0.5, 0.6) is 5.75 Å². The molecule has 1 aromatic heterocycles. The van der Waals surface area contributed by atoms with Crippen molar-refractivity contribution in [3.63, 3.8) is 0 Å². The lowest BCUT2D eigenvalue weighted by Gasteiger charge is -2.09. The molecule has 1 aromatic carbocycles. The number of esters is 1. The van der Waals surface area contributed by atoms with Gasteiger partial charge >= 0.3 is 5.97 Å². The highest BCUT2D eigenvalue weighted by Crippen LogP contribution is 2.38. The standard InChI is InChI=1S/C19H20BrNO4/c1-11-8-15(12(2)21(11)13-4-5-13)18(22)10-25-19(23)16-9-14(24-3)6-7-17(16)20/h6-9,13H,4-5,10H2,1-3H3. The highest BCUT2D eigenvalue weighted by molar-refractivity contribution is 9.10. The molecule has 0 unspecified atom stereocenters. The summed E-state index contributed by atoms with van der Waals surface area (Å²) in [5, 5.41) is 0. The largest absolute Gasteiger partial charge is 0.497 e. The van der Waals surface area contributed by atoms with Crippen molar-refractivity contribution in [2.75, 3.05) is 13.7 Å². The van der Waals surface area contributed by atoms with Gasteiger partial charge in [0, 0.05) is 27.5 Å². The van der Waals surface area contributed by atoms with Crippen molar-refractivity contribution in [3.05, 3.63) is 51.3 Å². The first-order valence-corrected chi connectivity index (χ1v) is 8.94. The summed E-state index contributed by atoms with van der Waals surface area (Å²) in [6.07, 6.45) is 2.31. The molecule has 25 heavy (non-hydrogen) atoms. The third kappa shape index (κ3) is 3.63. The number of halogens is 1. The van der Waals surface area contributed by atoms with Gasteiger partial charge in [0.05, 0.1) is 12.7 Å². The van der Waals surface area contributed by atoms with Crippen LogP contribution in [0.1, 0.15) is 51.0 Å². The van der Waals surface area contributed by atoms with Gasteiger partial charge < -0.3 is 14.0 Å². The Morgan fingerprint density at radius 2 is 1.92 bits per heavy atom. The van der Waals surface area contributed by atoms with Crippen LogP contribution in [0.2, 0.25) is 0 Å². The Labute approximate surface area is 155 Å². The van der Waals surface area contributed by atoms with Gasteiger partial charge in [0.2, 0.25) is 5.78 Å². The molecule has 0 spiro atoms. The Bertz CT molecular complexity index is 836. The number of methoxy groups -OCH3 is 1. The van der Waals surface area contributed by atoms with Gasteiger partial charge in [0.15, 0.2) is 6.61 Å². The van der Waals surface area contributed by atoms with Gasteiger partial charge in [0.1, 0.15) is 5.75 Å². The zero-order chi connectivity index (χ0) is 18.1. The number of hydrogen-bond donors (Lipinski definition) is 0. The summed E-state index contributed by atoms with van der Waals surface area (Å²) in [5.41, 5.74) is 2.98. The zero-order valence-electron chi connectivity index (χ0n) is 14.5. The molecule has 0 N–H and O–H groups in total. The first-order chi connectivity index (χ1) is 11.9. The molecule has 0 radical (unpaired) electrons. The molecular weight excluding hydrogens is 386 g/mol. The number of Topliss-reactive ketones (excluding diaryl/α,β-unsaturated/α-hetero) is 1. The van der Waals surface area contributed by atoms with E-state index >= 15 is 0 Å². The third-order valence-electron chi connectivity index (χ3n) is 4.42. The predicted molar refractivity (Wildman–Crippen MR) is 97.5 cm³/mol. The minimum absolute atomic E-state index is 0.188. The van der Waals surface area contributed by atoms with Gasteiger partial charge in [-0.25, -0.2) is 4.79 Å². The van der Waals surface area contributed by atoms with E-state index in [0.717, 1.165) is 24.2 Å². The number of nitrogens with zero attached hydrogens (tertiary/aromatic N) is 1. The summed E-state index contributed by atoms with van der Waals surface area (Å²) in [7, 11) is 1.53. The van der Waals surface area contributed by atoms with Crippen LogP contribution in [0.15, 0.2) is 28.7 Å².